The van der Waals surface area contributed by atoms with Crippen LogP contribution >= 0.6 is 0 Å². The van der Waals surface area contributed by atoms with Crippen LogP contribution in [0.3, 0.4) is 0 Å². The molecule has 1 saturated heterocycles. The Balaban J connectivity index is 0.000000397. The average molecular weight is 604 g/mol. The number of ether oxygens (including phenoxy) is 4. The third-order valence-corrected chi connectivity index (χ3v) is 8.14. The number of allylic oxidation sites excluding steroid dienone is 3. The summed E-state index contributed by atoms with van der Waals surface area (Å²) < 4.78 is 21.6. The Morgan fingerprint density at radius 3 is 2.07 bits per heavy atom. The molecule has 1 aliphatic heterocycles. The van der Waals surface area contributed by atoms with Crippen LogP contribution in [0.1, 0.15) is 37.8 Å². The largest absolute Gasteiger partial charge is 0.493 e. The van der Waals surface area contributed by atoms with Crippen molar-refractivity contribution in [1.82, 2.24) is 9.80 Å². The SMILES string of the molecule is COc1ccc(CCN(C)CCCC(C#N)(c2ccc(OC)c(OC)c2)C(C)C)cc1OC.O=C1C=CC(=O)C(N2CC2)=C1. The second kappa shape index (κ2) is 16.0. The highest BCUT2D eigenvalue weighted by molar-refractivity contribution is 6.17. The monoisotopic (exact) mass is 603 g/mol. The molecule has 0 saturated carbocycles. The van der Waals surface area contributed by atoms with E-state index in [2.05, 4.69) is 37.9 Å². The van der Waals surface area contributed by atoms with E-state index >= 15 is 0 Å². The number of nitrogens with zero attached hydrogens (tertiary/aromatic N) is 3. The number of hydrogen-bond acceptors (Lipinski definition) is 9. The van der Waals surface area contributed by atoms with Gasteiger partial charge in [0.2, 0.25) is 5.78 Å². The Morgan fingerprint density at radius 1 is 0.886 bits per heavy atom. The van der Waals surface area contributed by atoms with Gasteiger partial charge in [0, 0.05) is 25.7 Å². The van der Waals surface area contributed by atoms with Crippen LogP contribution in [-0.4, -0.2) is 83.0 Å². The normalized spacial score (nSPS) is 15.2. The van der Waals surface area contributed by atoms with Gasteiger partial charge < -0.3 is 28.7 Å². The van der Waals surface area contributed by atoms with Crippen molar-refractivity contribution < 1.29 is 28.5 Å². The van der Waals surface area contributed by atoms with E-state index in [-0.39, 0.29) is 17.5 Å². The van der Waals surface area contributed by atoms with Crippen LogP contribution in [0.15, 0.2) is 60.3 Å². The van der Waals surface area contributed by atoms with Gasteiger partial charge in [0.05, 0.1) is 45.6 Å². The summed E-state index contributed by atoms with van der Waals surface area (Å²) in [5.74, 6) is 2.84. The smallest absolute Gasteiger partial charge is 0.202 e. The van der Waals surface area contributed by atoms with Crippen molar-refractivity contribution in [3.05, 3.63) is 71.5 Å². The molecule has 1 heterocycles. The fourth-order valence-corrected chi connectivity index (χ4v) is 5.26. The molecule has 4 rings (SSSR count). The fourth-order valence-electron chi connectivity index (χ4n) is 5.26. The predicted octanol–water partition coefficient (Wildman–Crippen LogP) is 4.99. The first-order valence-electron chi connectivity index (χ1n) is 14.9. The molecule has 9 nitrogen and oxygen atoms in total. The number of methoxy groups -OCH3 is 4. The van der Waals surface area contributed by atoms with E-state index in [1.165, 1.54) is 23.8 Å². The molecule has 236 valence electrons. The summed E-state index contributed by atoms with van der Waals surface area (Å²) in [6.07, 6.45) is 6.64. The zero-order valence-corrected chi connectivity index (χ0v) is 27.0. The molecule has 1 atom stereocenters. The topological polar surface area (TPSA) is 101 Å². The minimum absolute atomic E-state index is 0.0536. The molecular weight excluding hydrogens is 558 g/mol. The van der Waals surface area contributed by atoms with Crippen molar-refractivity contribution in [3.8, 4) is 29.1 Å². The molecule has 44 heavy (non-hydrogen) atoms. The maximum atomic E-state index is 11.1. The van der Waals surface area contributed by atoms with Crippen molar-refractivity contribution in [2.75, 3.05) is 61.7 Å². The van der Waals surface area contributed by atoms with Gasteiger partial charge in [-0.2, -0.15) is 5.26 Å². The number of nitriles is 1. The van der Waals surface area contributed by atoms with Crippen LogP contribution in [0, 0.1) is 17.2 Å². The van der Waals surface area contributed by atoms with Gasteiger partial charge in [0.1, 0.15) is 0 Å². The number of hydrogen-bond donors (Lipinski definition) is 0. The van der Waals surface area contributed by atoms with Crippen molar-refractivity contribution in [2.24, 2.45) is 5.92 Å². The van der Waals surface area contributed by atoms with E-state index in [1.807, 2.05) is 35.2 Å². The van der Waals surface area contributed by atoms with Crippen LogP contribution in [-0.2, 0) is 21.4 Å². The highest BCUT2D eigenvalue weighted by atomic mass is 16.5. The summed E-state index contributed by atoms with van der Waals surface area (Å²) in [6, 6.07) is 14.5. The number of rotatable bonds is 14. The first-order valence-corrected chi connectivity index (χ1v) is 14.9. The number of benzene rings is 2. The highest BCUT2D eigenvalue weighted by Crippen LogP contribution is 2.40. The fraction of sp³-hybridized carbons (Fsp3) is 0.457. The lowest BCUT2D eigenvalue weighted by Gasteiger charge is -2.32. The quantitative estimate of drug-likeness (QED) is 0.218. The van der Waals surface area contributed by atoms with Crippen LogP contribution in [0.2, 0.25) is 0 Å². The number of carbonyl (C=O) groups excluding carboxylic acids is 2. The maximum absolute atomic E-state index is 11.1. The van der Waals surface area contributed by atoms with Gasteiger partial charge in [-0.05, 0) is 86.3 Å². The van der Waals surface area contributed by atoms with Gasteiger partial charge >= 0.3 is 0 Å². The number of ketones is 2. The van der Waals surface area contributed by atoms with Crippen LogP contribution in [0.4, 0.5) is 0 Å². The zero-order chi connectivity index (χ0) is 32.3. The standard InChI is InChI=1S/C27H38N2O4.C8H7NO2/c1-20(2)27(19-28,22-10-12-24(31-5)26(18-22)33-7)14-8-15-29(3)16-13-21-9-11-23(30-4)25(17-21)32-6;10-6-1-2-8(11)7(5-6)9-3-4-9/h9-12,17-18,20H,8,13-16H2,1-7H3;1-2,5H,3-4H2. The van der Waals surface area contributed by atoms with Crippen LogP contribution in [0.5, 0.6) is 23.0 Å². The van der Waals surface area contributed by atoms with Gasteiger partial charge in [-0.15, -0.1) is 0 Å². The Morgan fingerprint density at radius 2 is 1.50 bits per heavy atom. The average Bonchev–Trinajstić information content (AvgIpc) is 3.88. The van der Waals surface area contributed by atoms with Crippen molar-refractivity contribution in [3.63, 3.8) is 0 Å². The Labute approximate surface area is 261 Å². The highest BCUT2D eigenvalue weighted by Gasteiger charge is 2.36. The Bertz CT molecular complexity index is 1410. The third-order valence-electron chi connectivity index (χ3n) is 8.14. The molecule has 9 heteroatoms. The molecule has 2 aromatic carbocycles. The molecule has 2 aliphatic rings. The van der Waals surface area contributed by atoms with E-state index in [0.29, 0.717) is 17.2 Å². The van der Waals surface area contributed by atoms with Crippen molar-refractivity contribution in [1.29, 1.82) is 5.26 Å². The summed E-state index contributed by atoms with van der Waals surface area (Å²) in [5.41, 5.74) is 2.16. The number of carbonyl (C=O) groups is 2. The van der Waals surface area contributed by atoms with Gasteiger partial charge in [-0.3, -0.25) is 9.59 Å². The van der Waals surface area contributed by atoms with Crippen molar-refractivity contribution in [2.45, 2.75) is 38.5 Å². The van der Waals surface area contributed by atoms with Crippen LogP contribution in [0.25, 0.3) is 0 Å². The summed E-state index contributed by atoms with van der Waals surface area (Å²) in [5, 5.41) is 10.2. The first kappa shape index (κ1) is 34.2. The molecule has 1 unspecified atom stereocenters. The molecule has 0 spiro atoms. The third kappa shape index (κ3) is 8.64. The summed E-state index contributed by atoms with van der Waals surface area (Å²) >= 11 is 0. The van der Waals surface area contributed by atoms with Crippen LogP contribution < -0.4 is 18.9 Å². The maximum Gasteiger partial charge on any atom is 0.202 e. The molecule has 0 radical (unpaired) electrons. The molecule has 1 aliphatic carbocycles. The van der Waals surface area contributed by atoms with E-state index in [1.54, 1.807) is 28.4 Å². The van der Waals surface area contributed by atoms with Crippen molar-refractivity contribution >= 4 is 11.6 Å². The molecule has 0 bridgehead atoms. The molecule has 0 N–H and O–H groups in total. The first-order chi connectivity index (χ1) is 21.1. The predicted molar refractivity (Wildman–Crippen MR) is 170 cm³/mol. The number of likely N-dealkylation sites (N-methyl/N-ethyl adjacent to an activating group) is 1. The second-order valence-corrected chi connectivity index (χ2v) is 11.3. The molecule has 0 amide bonds. The summed E-state index contributed by atoms with van der Waals surface area (Å²) in [4.78, 5) is 26.1. The molecular formula is C35H45N3O6. The van der Waals surface area contributed by atoms with Gasteiger partial charge in [0.25, 0.3) is 0 Å². The molecule has 2 aromatic rings. The minimum Gasteiger partial charge on any atom is -0.493 e. The molecule has 0 aromatic heterocycles. The molecule has 1 fully saturated rings. The van der Waals surface area contributed by atoms with E-state index in [0.717, 1.165) is 62.5 Å². The Hall–Kier alpha value is -4.29. The van der Waals surface area contributed by atoms with Gasteiger partial charge in [-0.1, -0.05) is 26.0 Å². The minimum atomic E-state index is -0.580. The zero-order valence-electron chi connectivity index (χ0n) is 27.0. The Kier molecular flexibility index (Phi) is 12.4. The lowest BCUT2D eigenvalue weighted by molar-refractivity contribution is -0.115. The van der Waals surface area contributed by atoms with E-state index in [4.69, 9.17) is 18.9 Å². The summed E-state index contributed by atoms with van der Waals surface area (Å²) in [7, 11) is 8.67. The summed E-state index contributed by atoms with van der Waals surface area (Å²) in [6.45, 7) is 7.86. The van der Waals surface area contributed by atoms with E-state index < -0.39 is 5.41 Å². The lowest BCUT2D eigenvalue weighted by atomic mass is 9.69. The van der Waals surface area contributed by atoms with E-state index in [9.17, 15) is 14.9 Å². The van der Waals surface area contributed by atoms with Gasteiger partial charge in [0.15, 0.2) is 28.8 Å². The lowest BCUT2D eigenvalue weighted by Crippen LogP contribution is -2.32. The second-order valence-electron chi connectivity index (χ2n) is 11.3. The van der Waals surface area contributed by atoms with Gasteiger partial charge in [-0.25, -0.2) is 0 Å².